The second-order valence-corrected chi connectivity index (χ2v) is 9.15. The third-order valence-electron chi connectivity index (χ3n) is 6.20. The van der Waals surface area contributed by atoms with E-state index in [0.717, 1.165) is 19.6 Å². The van der Waals surface area contributed by atoms with Gasteiger partial charge >= 0.3 is 5.97 Å². The van der Waals surface area contributed by atoms with Gasteiger partial charge < -0.3 is 19.3 Å². The molecule has 1 aliphatic heterocycles. The van der Waals surface area contributed by atoms with Gasteiger partial charge in [-0.15, -0.1) is 0 Å². The number of pyridine rings is 1. The van der Waals surface area contributed by atoms with Crippen molar-refractivity contribution in [3.05, 3.63) is 59.4 Å². The maximum absolute atomic E-state index is 13.5. The van der Waals surface area contributed by atoms with Crippen molar-refractivity contribution in [2.75, 3.05) is 33.4 Å². The Bertz CT molecular complexity index is 1250. The standard InChI is InChI=1S/C28H32N2O6/c1-18(2)36-20-9-7-8-19(14-20)27(31)26-22-16-24(34-3)25(15-21(22)23(17-29-26)28(32)33)35-13-12-30-10-5-4-6-11-30/h7-9,14-18H,4-6,10-13H2,1-3H3,(H,32,33). The van der Waals surface area contributed by atoms with Crippen LogP contribution >= 0.6 is 0 Å². The molecule has 0 atom stereocenters. The maximum atomic E-state index is 13.5. The van der Waals surface area contributed by atoms with E-state index >= 15 is 0 Å². The molecule has 4 rings (SSSR count). The van der Waals surface area contributed by atoms with Gasteiger partial charge in [-0.2, -0.15) is 0 Å². The second kappa shape index (κ2) is 11.4. The highest BCUT2D eigenvalue weighted by Crippen LogP contribution is 2.36. The number of methoxy groups -OCH3 is 1. The molecular formula is C28H32N2O6. The molecular weight excluding hydrogens is 460 g/mol. The first-order chi connectivity index (χ1) is 17.4. The summed E-state index contributed by atoms with van der Waals surface area (Å²) in [5.74, 6) is -0.0580. The molecule has 8 nitrogen and oxygen atoms in total. The Morgan fingerprint density at radius 2 is 1.81 bits per heavy atom. The molecule has 0 saturated carbocycles. The Kier molecular flexibility index (Phi) is 8.05. The fourth-order valence-corrected chi connectivity index (χ4v) is 4.46. The number of likely N-dealkylation sites (tertiary alicyclic amines) is 1. The average Bonchev–Trinajstić information content (AvgIpc) is 2.87. The van der Waals surface area contributed by atoms with Gasteiger partial charge in [-0.25, -0.2) is 4.79 Å². The minimum atomic E-state index is -1.14. The van der Waals surface area contributed by atoms with Gasteiger partial charge in [0.15, 0.2) is 11.5 Å². The van der Waals surface area contributed by atoms with Gasteiger partial charge in [0.05, 0.1) is 18.8 Å². The molecule has 0 spiro atoms. The number of hydrogen-bond acceptors (Lipinski definition) is 7. The molecule has 0 unspecified atom stereocenters. The number of hydrogen-bond donors (Lipinski definition) is 1. The van der Waals surface area contributed by atoms with Crippen molar-refractivity contribution < 1.29 is 28.9 Å². The number of carboxylic acid groups (broad SMARTS) is 1. The molecule has 8 heteroatoms. The zero-order valence-electron chi connectivity index (χ0n) is 21.0. The quantitative estimate of drug-likeness (QED) is 0.402. The first kappa shape index (κ1) is 25.4. The molecule has 0 amide bonds. The summed E-state index contributed by atoms with van der Waals surface area (Å²) in [4.78, 5) is 32.1. The second-order valence-electron chi connectivity index (χ2n) is 9.15. The van der Waals surface area contributed by atoms with Crippen molar-refractivity contribution in [3.8, 4) is 17.2 Å². The topological polar surface area (TPSA) is 98.2 Å². The highest BCUT2D eigenvalue weighted by atomic mass is 16.5. The van der Waals surface area contributed by atoms with Crippen LogP contribution in [0.4, 0.5) is 0 Å². The fourth-order valence-electron chi connectivity index (χ4n) is 4.46. The van der Waals surface area contributed by atoms with E-state index in [2.05, 4.69) is 9.88 Å². The molecule has 1 fully saturated rings. The zero-order chi connectivity index (χ0) is 25.7. The first-order valence-corrected chi connectivity index (χ1v) is 12.3. The van der Waals surface area contributed by atoms with E-state index in [1.165, 1.54) is 32.6 Å². The lowest BCUT2D eigenvalue weighted by molar-refractivity contribution is 0.0698. The molecule has 190 valence electrons. The van der Waals surface area contributed by atoms with Crippen LogP contribution in [0.1, 0.15) is 59.5 Å². The molecule has 2 heterocycles. The minimum absolute atomic E-state index is 0.0121. The summed E-state index contributed by atoms with van der Waals surface area (Å²) in [6.45, 7) is 7.16. The lowest BCUT2D eigenvalue weighted by atomic mass is 9.99. The van der Waals surface area contributed by atoms with Crippen LogP contribution in [0.25, 0.3) is 10.8 Å². The highest BCUT2D eigenvalue weighted by molar-refractivity contribution is 6.18. The monoisotopic (exact) mass is 492 g/mol. The van der Waals surface area contributed by atoms with Crippen molar-refractivity contribution in [2.24, 2.45) is 0 Å². The first-order valence-electron chi connectivity index (χ1n) is 12.3. The van der Waals surface area contributed by atoms with Crippen molar-refractivity contribution in [3.63, 3.8) is 0 Å². The van der Waals surface area contributed by atoms with Crippen LogP contribution in [0.2, 0.25) is 0 Å². The van der Waals surface area contributed by atoms with Gasteiger partial charge in [0.25, 0.3) is 0 Å². The predicted molar refractivity (Wildman–Crippen MR) is 137 cm³/mol. The lowest BCUT2D eigenvalue weighted by Gasteiger charge is -2.26. The number of piperidine rings is 1. The van der Waals surface area contributed by atoms with E-state index in [4.69, 9.17) is 14.2 Å². The van der Waals surface area contributed by atoms with E-state index < -0.39 is 5.97 Å². The van der Waals surface area contributed by atoms with E-state index in [1.54, 1.807) is 36.4 Å². The Labute approximate surface area is 210 Å². The van der Waals surface area contributed by atoms with Crippen LogP contribution in [-0.4, -0.2) is 66.2 Å². The highest BCUT2D eigenvalue weighted by Gasteiger charge is 2.22. The summed E-state index contributed by atoms with van der Waals surface area (Å²) >= 11 is 0. The summed E-state index contributed by atoms with van der Waals surface area (Å²) in [6.07, 6.45) is 4.82. The van der Waals surface area contributed by atoms with Crippen LogP contribution in [-0.2, 0) is 0 Å². The van der Waals surface area contributed by atoms with E-state index in [1.807, 2.05) is 13.8 Å². The average molecular weight is 493 g/mol. The number of aromatic nitrogens is 1. The largest absolute Gasteiger partial charge is 0.493 e. The summed E-state index contributed by atoms with van der Waals surface area (Å²) in [5.41, 5.74) is 0.516. The molecule has 1 aliphatic rings. The number of benzene rings is 2. The number of aromatic carboxylic acids is 1. The Morgan fingerprint density at radius 1 is 1.06 bits per heavy atom. The van der Waals surface area contributed by atoms with Crippen LogP contribution < -0.4 is 14.2 Å². The van der Waals surface area contributed by atoms with Gasteiger partial charge in [0.1, 0.15) is 18.1 Å². The molecule has 0 radical (unpaired) electrons. The Morgan fingerprint density at radius 3 is 2.50 bits per heavy atom. The van der Waals surface area contributed by atoms with Gasteiger partial charge in [-0.05, 0) is 64.0 Å². The summed E-state index contributed by atoms with van der Waals surface area (Å²) in [6, 6.07) is 10.1. The summed E-state index contributed by atoms with van der Waals surface area (Å²) in [5, 5.41) is 10.5. The minimum Gasteiger partial charge on any atom is -0.493 e. The number of carboxylic acids is 1. The number of ketones is 1. The number of nitrogens with zero attached hydrogens (tertiary/aromatic N) is 2. The third-order valence-corrected chi connectivity index (χ3v) is 6.20. The number of carbonyl (C=O) groups excluding carboxylic acids is 1. The van der Waals surface area contributed by atoms with Gasteiger partial charge in [0.2, 0.25) is 5.78 Å². The molecule has 1 saturated heterocycles. The number of fused-ring (bicyclic) bond motifs is 1. The van der Waals surface area contributed by atoms with Gasteiger partial charge in [-0.3, -0.25) is 14.7 Å². The van der Waals surface area contributed by atoms with E-state index in [0.29, 0.717) is 40.2 Å². The molecule has 3 aromatic rings. The smallest absolute Gasteiger partial charge is 0.337 e. The summed E-state index contributed by atoms with van der Waals surface area (Å²) < 4.78 is 17.3. The van der Waals surface area contributed by atoms with Gasteiger partial charge in [0, 0.05) is 29.1 Å². The number of carbonyl (C=O) groups is 2. The van der Waals surface area contributed by atoms with Crippen LogP contribution in [0.3, 0.4) is 0 Å². The molecule has 2 aromatic carbocycles. The number of ether oxygens (including phenoxy) is 3. The Hall–Kier alpha value is -3.65. The third kappa shape index (κ3) is 5.76. The predicted octanol–water partition coefficient (Wildman–Crippen LogP) is 4.82. The summed E-state index contributed by atoms with van der Waals surface area (Å²) in [7, 11) is 1.52. The van der Waals surface area contributed by atoms with Crippen molar-refractivity contribution >= 4 is 22.5 Å². The Balaban J connectivity index is 1.70. The molecule has 36 heavy (non-hydrogen) atoms. The van der Waals surface area contributed by atoms with Crippen molar-refractivity contribution in [2.45, 2.75) is 39.2 Å². The molecule has 0 aliphatic carbocycles. The van der Waals surface area contributed by atoms with E-state index in [9.17, 15) is 14.7 Å². The normalized spacial score (nSPS) is 14.1. The zero-order valence-corrected chi connectivity index (χ0v) is 21.0. The van der Waals surface area contributed by atoms with Crippen LogP contribution in [0.15, 0.2) is 42.6 Å². The molecule has 0 bridgehead atoms. The molecule has 1 N–H and O–H groups in total. The number of rotatable bonds is 10. The maximum Gasteiger partial charge on any atom is 0.337 e. The van der Waals surface area contributed by atoms with Crippen molar-refractivity contribution in [1.82, 2.24) is 9.88 Å². The van der Waals surface area contributed by atoms with Crippen LogP contribution in [0.5, 0.6) is 17.2 Å². The fraction of sp³-hybridized carbons (Fsp3) is 0.393. The molecule has 1 aromatic heterocycles. The van der Waals surface area contributed by atoms with Gasteiger partial charge in [-0.1, -0.05) is 18.6 Å². The van der Waals surface area contributed by atoms with E-state index in [-0.39, 0.29) is 23.1 Å². The van der Waals surface area contributed by atoms with Crippen molar-refractivity contribution in [1.29, 1.82) is 0 Å². The lowest BCUT2D eigenvalue weighted by Crippen LogP contribution is -2.33. The SMILES string of the molecule is COc1cc2c(C(=O)c3cccc(OC(C)C)c3)ncc(C(=O)O)c2cc1OCCN1CCCCC1. The van der Waals surface area contributed by atoms with Crippen LogP contribution in [0, 0.1) is 0 Å².